The van der Waals surface area contributed by atoms with Gasteiger partial charge in [-0.05, 0) is 31.6 Å². The number of nitrogens with one attached hydrogen (secondary N) is 1. The highest BCUT2D eigenvalue weighted by Gasteiger charge is 2.17. The van der Waals surface area contributed by atoms with Gasteiger partial charge in [-0.2, -0.15) is 0 Å². The number of hydrogen-bond acceptors (Lipinski definition) is 2. The first-order valence-electron chi connectivity index (χ1n) is 5.80. The van der Waals surface area contributed by atoms with Crippen molar-refractivity contribution in [3.8, 4) is 0 Å². The van der Waals surface area contributed by atoms with Gasteiger partial charge in [0.15, 0.2) is 0 Å². The Morgan fingerprint density at radius 2 is 1.93 bits per heavy atom. The molecule has 0 amide bonds. The second-order valence-corrected chi connectivity index (χ2v) is 6.21. The average molecular weight is 217 g/mol. The minimum absolute atomic E-state index is 0.601. The SMILES string of the molecule is CCS(=O)CCNC1CCC(C)CC1. The molecular weight excluding hydrogens is 194 g/mol. The van der Waals surface area contributed by atoms with E-state index in [2.05, 4.69) is 12.2 Å². The maximum Gasteiger partial charge on any atom is 0.0360 e. The molecule has 84 valence electrons. The van der Waals surface area contributed by atoms with Gasteiger partial charge in [-0.1, -0.05) is 13.8 Å². The first-order valence-corrected chi connectivity index (χ1v) is 7.29. The molecule has 1 aliphatic rings. The summed E-state index contributed by atoms with van der Waals surface area (Å²) in [5, 5.41) is 3.51. The first-order chi connectivity index (χ1) is 6.72. The van der Waals surface area contributed by atoms with Crippen molar-refractivity contribution in [3.63, 3.8) is 0 Å². The minimum atomic E-state index is -0.601. The molecule has 1 unspecified atom stereocenters. The molecule has 14 heavy (non-hydrogen) atoms. The summed E-state index contributed by atoms with van der Waals surface area (Å²) in [7, 11) is -0.601. The van der Waals surface area contributed by atoms with Gasteiger partial charge in [0, 0.05) is 34.9 Å². The molecular formula is C11H23NOS. The highest BCUT2D eigenvalue weighted by atomic mass is 32.2. The molecule has 1 rings (SSSR count). The van der Waals surface area contributed by atoms with Crippen molar-refractivity contribution in [1.82, 2.24) is 5.32 Å². The number of hydrogen-bond donors (Lipinski definition) is 1. The van der Waals surface area contributed by atoms with Gasteiger partial charge < -0.3 is 5.32 Å². The van der Waals surface area contributed by atoms with Crippen LogP contribution in [0.1, 0.15) is 39.5 Å². The van der Waals surface area contributed by atoms with E-state index >= 15 is 0 Å². The summed E-state index contributed by atoms with van der Waals surface area (Å²) in [6.07, 6.45) is 5.32. The lowest BCUT2D eigenvalue weighted by Gasteiger charge is -2.26. The fourth-order valence-corrected chi connectivity index (χ4v) is 2.62. The van der Waals surface area contributed by atoms with E-state index in [1.165, 1.54) is 25.7 Å². The van der Waals surface area contributed by atoms with Crippen molar-refractivity contribution in [2.24, 2.45) is 5.92 Å². The Morgan fingerprint density at radius 3 is 2.50 bits per heavy atom. The zero-order chi connectivity index (χ0) is 10.4. The van der Waals surface area contributed by atoms with E-state index < -0.39 is 10.8 Å². The molecule has 0 spiro atoms. The van der Waals surface area contributed by atoms with E-state index in [0.717, 1.165) is 24.0 Å². The molecule has 1 fully saturated rings. The molecule has 0 heterocycles. The molecule has 1 N–H and O–H groups in total. The van der Waals surface area contributed by atoms with Crippen LogP contribution in [0, 0.1) is 5.92 Å². The van der Waals surface area contributed by atoms with Crippen molar-refractivity contribution in [2.75, 3.05) is 18.1 Å². The lowest BCUT2D eigenvalue weighted by Crippen LogP contribution is -2.35. The molecule has 0 aromatic heterocycles. The molecule has 2 nitrogen and oxygen atoms in total. The van der Waals surface area contributed by atoms with Crippen LogP contribution in [0.4, 0.5) is 0 Å². The first kappa shape index (κ1) is 12.2. The molecule has 0 aromatic carbocycles. The van der Waals surface area contributed by atoms with Crippen molar-refractivity contribution < 1.29 is 4.21 Å². The normalized spacial score (nSPS) is 30.1. The number of rotatable bonds is 5. The van der Waals surface area contributed by atoms with Crippen LogP contribution in [0.5, 0.6) is 0 Å². The fourth-order valence-electron chi connectivity index (χ4n) is 1.99. The van der Waals surface area contributed by atoms with Crippen LogP contribution >= 0.6 is 0 Å². The van der Waals surface area contributed by atoms with Gasteiger partial charge in [-0.15, -0.1) is 0 Å². The predicted molar refractivity (Wildman–Crippen MR) is 63.0 cm³/mol. The van der Waals surface area contributed by atoms with Crippen LogP contribution < -0.4 is 5.32 Å². The van der Waals surface area contributed by atoms with E-state index in [4.69, 9.17) is 0 Å². The molecule has 3 heteroatoms. The van der Waals surface area contributed by atoms with Crippen molar-refractivity contribution in [3.05, 3.63) is 0 Å². The van der Waals surface area contributed by atoms with Gasteiger partial charge in [0.2, 0.25) is 0 Å². The van der Waals surface area contributed by atoms with Crippen molar-refractivity contribution >= 4 is 10.8 Å². The topological polar surface area (TPSA) is 29.1 Å². The summed E-state index contributed by atoms with van der Waals surface area (Å²) in [6.45, 7) is 5.25. The van der Waals surface area contributed by atoms with E-state index in [1.807, 2.05) is 6.92 Å². The minimum Gasteiger partial charge on any atom is -0.313 e. The zero-order valence-corrected chi connectivity index (χ0v) is 10.2. The molecule has 0 aliphatic heterocycles. The lowest BCUT2D eigenvalue weighted by atomic mass is 9.87. The molecule has 1 aliphatic carbocycles. The lowest BCUT2D eigenvalue weighted by molar-refractivity contribution is 0.311. The third-order valence-corrected chi connectivity index (χ3v) is 4.40. The monoisotopic (exact) mass is 217 g/mol. The van der Waals surface area contributed by atoms with E-state index in [0.29, 0.717) is 6.04 Å². The smallest absolute Gasteiger partial charge is 0.0360 e. The van der Waals surface area contributed by atoms with Gasteiger partial charge in [-0.3, -0.25) is 4.21 Å². The second kappa shape index (κ2) is 6.57. The Hall–Kier alpha value is 0.110. The third-order valence-electron chi connectivity index (χ3n) is 3.10. The molecule has 0 aromatic rings. The zero-order valence-electron chi connectivity index (χ0n) is 9.42. The largest absolute Gasteiger partial charge is 0.313 e. The molecule has 0 bridgehead atoms. The Labute approximate surface area is 90.3 Å². The van der Waals surface area contributed by atoms with Crippen LogP contribution in [-0.2, 0) is 10.8 Å². The highest BCUT2D eigenvalue weighted by Crippen LogP contribution is 2.23. The third kappa shape index (κ3) is 4.56. The summed E-state index contributed by atoms with van der Waals surface area (Å²) in [4.78, 5) is 0. The van der Waals surface area contributed by atoms with Crippen LogP contribution in [-0.4, -0.2) is 28.3 Å². The van der Waals surface area contributed by atoms with Crippen molar-refractivity contribution in [1.29, 1.82) is 0 Å². The highest BCUT2D eigenvalue weighted by molar-refractivity contribution is 7.84. The quantitative estimate of drug-likeness (QED) is 0.762. The molecule has 0 radical (unpaired) electrons. The molecule has 1 saturated carbocycles. The molecule has 1 atom stereocenters. The summed E-state index contributed by atoms with van der Waals surface area (Å²) < 4.78 is 11.2. The maximum absolute atomic E-state index is 11.2. The van der Waals surface area contributed by atoms with Crippen molar-refractivity contribution in [2.45, 2.75) is 45.6 Å². The Kier molecular flexibility index (Phi) is 5.71. The summed E-state index contributed by atoms with van der Waals surface area (Å²) in [5.74, 6) is 2.53. The standard InChI is InChI=1S/C11H23NOS/c1-3-14(13)9-8-12-11-6-4-10(2)5-7-11/h10-12H,3-9H2,1-2H3. The second-order valence-electron chi connectivity index (χ2n) is 4.34. The van der Waals surface area contributed by atoms with Crippen LogP contribution in [0.3, 0.4) is 0 Å². The summed E-state index contributed by atoms with van der Waals surface area (Å²) in [6, 6.07) is 0.694. The van der Waals surface area contributed by atoms with Crippen LogP contribution in [0.15, 0.2) is 0 Å². The van der Waals surface area contributed by atoms with E-state index in [1.54, 1.807) is 0 Å². The molecule has 0 saturated heterocycles. The Morgan fingerprint density at radius 1 is 1.29 bits per heavy atom. The Bertz CT molecular complexity index is 176. The average Bonchev–Trinajstić information content (AvgIpc) is 2.21. The van der Waals surface area contributed by atoms with Gasteiger partial charge in [0.05, 0.1) is 0 Å². The van der Waals surface area contributed by atoms with Crippen LogP contribution in [0.2, 0.25) is 0 Å². The maximum atomic E-state index is 11.2. The summed E-state index contributed by atoms with van der Waals surface area (Å²) >= 11 is 0. The van der Waals surface area contributed by atoms with Gasteiger partial charge in [0.1, 0.15) is 0 Å². The predicted octanol–water partition coefficient (Wildman–Crippen LogP) is 1.92. The van der Waals surface area contributed by atoms with Gasteiger partial charge in [-0.25, -0.2) is 0 Å². The Balaban J connectivity index is 2.04. The fraction of sp³-hybridized carbons (Fsp3) is 1.00. The summed E-state index contributed by atoms with van der Waals surface area (Å²) in [5.41, 5.74) is 0. The van der Waals surface area contributed by atoms with E-state index in [9.17, 15) is 4.21 Å². The van der Waals surface area contributed by atoms with Crippen LogP contribution in [0.25, 0.3) is 0 Å². The van der Waals surface area contributed by atoms with E-state index in [-0.39, 0.29) is 0 Å². The van der Waals surface area contributed by atoms with Gasteiger partial charge >= 0.3 is 0 Å². The van der Waals surface area contributed by atoms with Gasteiger partial charge in [0.25, 0.3) is 0 Å².